The Kier molecular flexibility index (Phi) is 2.40. The van der Waals surface area contributed by atoms with Gasteiger partial charge in [-0.3, -0.25) is 9.79 Å². The molecule has 0 fully saturated rings. The van der Waals surface area contributed by atoms with E-state index in [1.165, 1.54) is 6.92 Å². The highest BCUT2D eigenvalue weighted by Crippen LogP contribution is 2.40. The van der Waals surface area contributed by atoms with Crippen LogP contribution in [0.5, 0.6) is 0 Å². The van der Waals surface area contributed by atoms with Gasteiger partial charge >= 0.3 is 5.97 Å². The third kappa shape index (κ3) is 1.94. The molecule has 2 aliphatic heterocycles. The monoisotopic (exact) mass is 197 g/mol. The van der Waals surface area contributed by atoms with Crippen molar-refractivity contribution in [3.05, 3.63) is 11.2 Å². The van der Waals surface area contributed by atoms with Gasteiger partial charge in [-0.1, -0.05) is 11.8 Å². The van der Waals surface area contributed by atoms with Gasteiger partial charge in [-0.15, -0.1) is 0 Å². The number of ether oxygens (including phenoxy) is 1. The lowest BCUT2D eigenvalue weighted by atomic mass is 10.0. The van der Waals surface area contributed by atoms with Gasteiger partial charge < -0.3 is 4.74 Å². The maximum absolute atomic E-state index is 10.7. The van der Waals surface area contributed by atoms with Crippen LogP contribution in [0, 0.1) is 5.92 Å². The fourth-order valence-electron chi connectivity index (χ4n) is 1.53. The summed E-state index contributed by atoms with van der Waals surface area (Å²) in [5, 5.41) is 1.29. The van der Waals surface area contributed by atoms with E-state index in [1.807, 2.05) is 12.3 Å². The van der Waals surface area contributed by atoms with Crippen LogP contribution in [0.3, 0.4) is 0 Å². The highest BCUT2D eigenvalue weighted by Gasteiger charge is 2.30. The first-order valence-electron chi connectivity index (χ1n) is 4.31. The maximum atomic E-state index is 10.7. The fraction of sp³-hybridized carbons (Fsp3) is 0.556. The van der Waals surface area contributed by atoms with E-state index in [9.17, 15) is 4.79 Å². The number of rotatable bonds is 1. The molecule has 70 valence electrons. The summed E-state index contributed by atoms with van der Waals surface area (Å²) >= 11 is 1.65. The fourth-order valence-corrected chi connectivity index (χ4v) is 2.76. The Bertz CT molecular complexity index is 285. The van der Waals surface area contributed by atoms with E-state index in [1.54, 1.807) is 11.8 Å². The molecule has 0 radical (unpaired) electrons. The minimum absolute atomic E-state index is 0.238. The molecular formula is C9H11NO2S. The Balaban J connectivity index is 2.00. The summed E-state index contributed by atoms with van der Waals surface area (Å²) in [7, 11) is 0. The molecule has 13 heavy (non-hydrogen) atoms. The average molecular weight is 197 g/mol. The van der Waals surface area contributed by atoms with Gasteiger partial charge in [0.1, 0.15) is 0 Å². The van der Waals surface area contributed by atoms with Crippen molar-refractivity contribution < 1.29 is 9.53 Å². The minimum Gasteiger partial charge on any atom is -0.420 e. The van der Waals surface area contributed by atoms with Crippen LogP contribution >= 0.6 is 11.8 Å². The second-order valence-electron chi connectivity index (χ2n) is 3.18. The van der Waals surface area contributed by atoms with E-state index in [4.69, 9.17) is 4.74 Å². The first kappa shape index (κ1) is 8.81. The predicted molar refractivity (Wildman–Crippen MR) is 52.7 cm³/mol. The zero-order valence-corrected chi connectivity index (χ0v) is 8.21. The molecular weight excluding hydrogens is 186 g/mol. The maximum Gasteiger partial charge on any atom is 0.308 e. The standard InChI is InChI=1S/C9H11NO2S/c1-6(11)12-9-4-7-5-10-3-2-8(7)13-9/h3-4,7-8H,2,5H2,1H3. The smallest absolute Gasteiger partial charge is 0.308 e. The molecule has 2 heterocycles. The summed E-state index contributed by atoms with van der Waals surface area (Å²) in [4.78, 5) is 14.9. The van der Waals surface area contributed by atoms with E-state index < -0.39 is 0 Å². The van der Waals surface area contributed by atoms with Crippen molar-refractivity contribution in [3.8, 4) is 0 Å². The van der Waals surface area contributed by atoms with Crippen LogP contribution in [-0.2, 0) is 9.53 Å². The molecule has 4 heteroatoms. The summed E-state index contributed by atoms with van der Waals surface area (Å²) < 4.78 is 5.03. The lowest BCUT2D eigenvalue weighted by molar-refractivity contribution is -0.135. The average Bonchev–Trinajstić information content (AvgIpc) is 2.44. The molecule has 0 saturated heterocycles. The molecule has 0 amide bonds. The van der Waals surface area contributed by atoms with Crippen LogP contribution in [0.25, 0.3) is 0 Å². The minimum atomic E-state index is -0.238. The molecule has 0 N–H and O–H groups in total. The number of carbonyl (C=O) groups excluding carboxylic acids is 1. The summed E-state index contributed by atoms with van der Waals surface area (Å²) in [6.45, 7) is 2.27. The van der Waals surface area contributed by atoms with Crippen LogP contribution in [0.4, 0.5) is 0 Å². The molecule has 0 spiro atoms. The van der Waals surface area contributed by atoms with Crippen molar-refractivity contribution in [3.63, 3.8) is 0 Å². The van der Waals surface area contributed by atoms with Crippen molar-refractivity contribution in [2.45, 2.75) is 18.6 Å². The molecule has 0 aliphatic carbocycles. The Morgan fingerprint density at radius 1 is 1.77 bits per heavy atom. The SMILES string of the molecule is CC(=O)OC1=CC2CN=CCC2S1. The van der Waals surface area contributed by atoms with Crippen LogP contribution in [0.15, 0.2) is 16.2 Å². The highest BCUT2D eigenvalue weighted by atomic mass is 32.2. The Labute approximate surface area is 81.3 Å². The number of hydrogen-bond donors (Lipinski definition) is 0. The first-order chi connectivity index (χ1) is 6.25. The van der Waals surface area contributed by atoms with Gasteiger partial charge in [-0.2, -0.15) is 0 Å². The number of fused-ring (bicyclic) bond motifs is 1. The van der Waals surface area contributed by atoms with Crippen molar-refractivity contribution in [2.24, 2.45) is 10.9 Å². The van der Waals surface area contributed by atoms with Crippen LogP contribution in [0.2, 0.25) is 0 Å². The van der Waals surface area contributed by atoms with Gasteiger partial charge in [0, 0.05) is 24.6 Å². The van der Waals surface area contributed by atoms with Crippen molar-refractivity contribution in [1.82, 2.24) is 0 Å². The first-order valence-corrected chi connectivity index (χ1v) is 5.19. The number of nitrogens with zero attached hydrogens (tertiary/aromatic N) is 1. The number of carbonyl (C=O) groups is 1. The molecule has 2 rings (SSSR count). The number of aliphatic imine (C=N–C) groups is 1. The van der Waals surface area contributed by atoms with Crippen LogP contribution in [0.1, 0.15) is 13.3 Å². The zero-order chi connectivity index (χ0) is 9.26. The zero-order valence-electron chi connectivity index (χ0n) is 7.40. The second-order valence-corrected chi connectivity index (χ2v) is 4.43. The quantitative estimate of drug-likeness (QED) is 0.599. The molecule has 2 unspecified atom stereocenters. The molecule has 3 nitrogen and oxygen atoms in total. The highest BCUT2D eigenvalue weighted by molar-refractivity contribution is 8.03. The summed E-state index contributed by atoms with van der Waals surface area (Å²) in [6.07, 6.45) is 4.96. The molecule has 2 aliphatic rings. The molecule has 0 aromatic carbocycles. The molecule has 0 aromatic rings. The molecule has 2 atom stereocenters. The van der Waals surface area contributed by atoms with Crippen molar-refractivity contribution in [1.29, 1.82) is 0 Å². The van der Waals surface area contributed by atoms with Crippen molar-refractivity contribution >= 4 is 23.9 Å². The van der Waals surface area contributed by atoms with E-state index in [2.05, 4.69) is 4.99 Å². The number of esters is 1. The largest absolute Gasteiger partial charge is 0.420 e. The topological polar surface area (TPSA) is 38.7 Å². The lowest BCUT2D eigenvalue weighted by Crippen LogP contribution is -2.19. The Morgan fingerprint density at radius 3 is 3.31 bits per heavy atom. The number of hydrogen-bond acceptors (Lipinski definition) is 4. The van der Waals surface area contributed by atoms with Gasteiger partial charge in [0.15, 0.2) is 5.09 Å². The van der Waals surface area contributed by atoms with Crippen LogP contribution < -0.4 is 0 Å². The Hall–Kier alpha value is -0.770. The van der Waals surface area contributed by atoms with E-state index >= 15 is 0 Å². The number of thioether (sulfide) groups is 1. The molecule has 0 saturated carbocycles. The van der Waals surface area contributed by atoms with Gasteiger partial charge in [0.05, 0.1) is 0 Å². The van der Waals surface area contributed by atoms with E-state index in [0.29, 0.717) is 11.2 Å². The predicted octanol–water partition coefficient (Wildman–Crippen LogP) is 1.60. The van der Waals surface area contributed by atoms with Crippen molar-refractivity contribution in [2.75, 3.05) is 6.54 Å². The summed E-state index contributed by atoms with van der Waals surface area (Å²) in [5.74, 6) is 0.225. The van der Waals surface area contributed by atoms with Gasteiger partial charge in [-0.05, 0) is 18.7 Å². The normalized spacial score (nSPS) is 31.0. The van der Waals surface area contributed by atoms with Gasteiger partial charge in [0.25, 0.3) is 0 Å². The summed E-state index contributed by atoms with van der Waals surface area (Å²) in [5.41, 5.74) is 0. The second kappa shape index (κ2) is 3.54. The van der Waals surface area contributed by atoms with Crippen LogP contribution in [-0.4, -0.2) is 24.0 Å². The van der Waals surface area contributed by atoms with Gasteiger partial charge in [-0.25, -0.2) is 0 Å². The molecule has 0 bridgehead atoms. The van der Waals surface area contributed by atoms with E-state index in [0.717, 1.165) is 18.1 Å². The molecule has 0 aromatic heterocycles. The third-order valence-corrected chi connectivity index (χ3v) is 3.42. The Morgan fingerprint density at radius 2 is 2.62 bits per heavy atom. The summed E-state index contributed by atoms with van der Waals surface area (Å²) in [6, 6.07) is 0. The van der Waals surface area contributed by atoms with E-state index in [-0.39, 0.29) is 5.97 Å². The lowest BCUT2D eigenvalue weighted by Gasteiger charge is -2.17. The van der Waals surface area contributed by atoms with Gasteiger partial charge in [0.2, 0.25) is 0 Å². The third-order valence-electron chi connectivity index (χ3n) is 2.12.